The highest BCUT2D eigenvalue weighted by Gasteiger charge is 2.09. The summed E-state index contributed by atoms with van der Waals surface area (Å²) >= 11 is 1.76. The van der Waals surface area contributed by atoms with E-state index in [1.165, 1.54) is 15.6 Å². The van der Waals surface area contributed by atoms with E-state index in [9.17, 15) is 0 Å². The summed E-state index contributed by atoms with van der Waals surface area (Å²) in [6, 6.07) is 10.4. The van der Waals surface area contributed by atoms with Gasteiger partial charge in [-0.25, -0.2) is 9.97 Å². The molecule has 24 heavy (non-hydrogen) atoms. The highest BCUT2D eigenvalue weighted by Crippen LogP contribution is 2.25. The Balaban J connectivity index is 1.61. The normalized spacial score (nSPS) is 11.1. The van der Waals surface area contributed by atoms with Gasteiger partial charge in [0.2, 0.25) is 0 Å². The molecule has 0 fully saturated rings. The molecule has 0 spiro atoms. The van der Waals surface area contributed by atoms with Crippen LogP contribution in [0, 0.1) is 13.8 Å². The number of hydrogen-bond donors (Lipinski definition) is 2. The van der Waals surface area contributed by atoms with Gasteiger partial charge >= 0.3 is 0 Å². The first kappa shape index (κ1) is 14.8. The van der Waals surface area contributed by atoms with Crippen molar-refractivity contribution in [1.82, 2.24) is 20.2 Å². The van der Waals surface area contributed by atoms with Gasteiger partial charge in [0, 0.05) is 28.6 Å². The van der Waals surface area contributed by atoms with Crippen LogP contribution in [0.4, 0.5) is 11.6 Å². The van der Waals surface area contributed by atoms with Crippen molar-refractivity contribution in [3.8, 4) is 0 Å². The zero-order valence-corrected chi connectivity index (χ0v) is 14.3. The number of H-pyrrole nitrogens is 1. The number of aromatic nitrogens is 4. The van der Waals surface area contributed by atoms with Gasteiger partial charge < -0.3 is 5.32 Å². The number of nitrogens with zero attached hydrogens (tertiary/aromatic N) is 3. The predicted molar refractivity (Wildman–Crippen MR) is 98.0 cm³/mol. The third kappa shape index (κ3) is 2.76. The molecule has 1 aromatic carbocycles. The molecular formula is C18H17N5S. The van der Waals surface area contributed by atoms with Gasteiger partial charge in [0.1, 0.15) is 11.6 Å². The lowest BCUT2D eigenvalue weighted by atomic mass is 10.1. The highest BCUT2D eigenvalue weighted by atomic mass is 32.1. The average Bonchev–Trinajstić information content (AvgIpc) is 3.18. The molecule has 0 radical (unpaired) electrons. The SMILES string of the molecule is Cc1[nH]nc(Nc2ccnc(Cc3cccc4sccc34)n2)c1C. The molecule has 3 aromatic heterocycles. The smallest absolute Gasteiger partial charge is 0.156 e. The Bertz CT molecular complexity index is 1000. The zero-order chi connectivity index (χ0) is 16.5. The molecular weight excluding hydrogens is 318 g/mol. The van der Waals surface area contributed by atoms with E-state index in [2.05, 4.69) is 55.1 Å². The van der Waals surface area contributed by atoms with Crippen LogP contribution >= 0.6 is 11.3 Å². The fourth-order valence-corrected chi connectivity index (χ4v) is 3.50. The molecule has 3 heterocycles. The number of hydrogen-bond acceptors (Lipinski definition) is 5. The Morgan fingerprint density at radius 3 is 2.92 bits per heavy atom. The molecule has 0 aliphatic heterocycles. The molecule has 4 rings (SSSR count). The minimum atomic E-state index is 0.710. The summed E-state index contributed by atoms with van der Waals surface area (Å²) in [7, 11) is 0. The van der Waals surface area contributed by atoms with Gasteiger partial charge in [-0.05, 0) is 48.4 Å². The molecule has 6 heteroatoms. The largest absolute Gasteiger partial charge is 0.323 e. The van der Waals surface area contributed by atoms with Crippen molar-refractivity contribution < 1.29 is 0 Å². The van der Waals surface area contributed by atoms with Crippen LogP contribution in [0.25, 0.3) is 10.1 Å². The van der Waals surface area contributed by atoms with Crippen molar-refractivity contribution >= 4 is 33.1 Å². The molecule has 120 valence electrons. The summed E-state index contributed by atoms with van der Waals surface area (Å²) < 4.78 is 1.30. The van der Waals surface area contributed by atoms with Gasteiger partial charge in [0.25, 0.3) is 0 Å². The molecule has 0 atom stereocenters. The van der Waals surface area contributed by atoms with Gasteiger partial charge in [0.05, 0.1) is 0 Å². The van der Waals surface area contributed by atoms with Gasteiger partial charge in [-0.15, -0.1) is 11.3 Å². The molecule has 4 aromatic rings. The number of aryl methyl sites for hydroxylation is 1. The quantitative estimate of drug-likeness (QED) is 0.581. The Hall–Kier alpha value is -2.73. The monoisotopic (exact) mass is 335 g/mol. The molecule has 0 amide bonds. The van der Waals surface area contributed by atoms with Crippen LogP contribution in [0.5, 0.6) is 0 Å². The summed E-state index contributed by atoms with van der Waals surface area (Å²) in [5.41, 5.74) is 3.40. The molecule has 0 bridgehead atoms. The molecule has 0 aliphatic carbocycles. The molecule has 0 aliphatic rings. The lowest BCUT2D eigenvalue weighted by Crippen LogP contribution is -2.01. The van der Waals surface area contributed by atoms with Gasteiger partial charge in [-0.3, -0.25) is 5.10 Å². The van der Waals surface area contributed by atoms with Crippen LogP contribution in [-0.4, -0.2) is 20.2 Å². The van der Waals surface area contributed by atoms with Crippen molar-refractivity contribution in [2.24, 2.45) is 0 Å². The summed E-state index contributed by atoms with van der Waals surface area (Å²) in [4.78, 5) is 9.05. The lowest BCUT2D eigenvalue weighted by Gasteiger charge is -2.06. The van der Waals surface area contributed by atoms with E-state index in [4.69, 9.17) is 0 Å². The zero-order valence-electron chi connectivity index (χ0n) is 13.5. The summed E-state index contributed by atoms with van der Waals surface area (Å²) in [6.45, 7) is 4.03. The van der Waals surface area contributed by atoms with Crippen molar-refractivity contribution in [1.29, 1.82) is 0 Å². The molecule has 5 nitrogen and oxygen atoms in total. The maximum absolute atomic E-state index is 4.63. The first-order chi connectivity index (χ1) is 11.7. The maximum Gasteiger partial charge on any atom is 0.156 e. The van der Waals surface area contributed by atoms with Crippen LogP contribution in [0.15, 0.2) is 41.9 Å². The number of nitrogens with one attached hydrogen (secondary N) is 2. The van der Waals surface area contributed by atoms with E-state index >= 15 is 0 Å². The van der Waals surface area contributed by atoms with Crippen molar-refractivity contribution in [3.05, 3.63) is 64.6 Å². The van der Waals surface area contributed by atoms with Gasteiger partial charge in [0.15, 0.2) is 5.82 Å². The molecule has 0 unspecified atom stereocenters. The summed E-state index contributed by atoms with van der Waals surface area (Å²) in [6.07, 6.45) is 2.50. The lowest BCUT2D eigenvalue weighted by molar-refractivity contribution is 0.974. The third-order valence-corrected chi connectivity index (χ3v) is 5.02. The Morgan fingerprint density at radius 1 is 1.17 bits per heavy atom. The van der Waals surface area contributed by atoms with Crippen LogP contribution in [0.2, 0.25) is 0 Å². The summed E-state index contributed by atoms with van der Waals surface area (Å²) in [5, 5.41) is 13.9. The maximum atomic E-state index is 4.63. The number of thiophene rings is 1. The number of benzene rings is 1. The van der Waals surface area contributed by atoms with E-state index in [1.807, 2.05) is 19.9 Å². The number of fused-ring (bicyclic) bond motifs is 1. The molecule has 0 saturated carbocycles. The summed E-state index contributed by atoms with van der Waals surface area (Å²) in [5.74, 6) is 2.35. The van der Waals surface area contributed by atoms with E-state index in [1.54, 1.807) is 17.5 Å². The van der Waals surface area contributed by atoms with E-state index < -0.39 is 0 Å². The Morgan fingerprint density at radius 2 is 2.08 bits per heavy atom. The van der Waals surface area contributed by atoms with E-state index in [0.29, 0.717) is 6.42 Å². The first-order valence-corrected chi connectivity index (χ1v) is 8.64. The predicted octanol–water partition coefficient (Wildman–Crippen LogP) is 4.37. The first-order valence-electron chi connectivity index (χ1n) is 7.76. The van der Waals surface area contributed by atoms with Crippen LogP contribution in [-0.2, 0) is 6.42 Å². The van der Waals surface area contributed by atoms with Crippen LogP contribution in [0.1, 0.15) is 22.6 Å². The van der Waals surface area contributed by atoms with E-state index in [0.717, 1.165) is 28.7 Å². The average molecular weight is 335 g/mol. The van der Waals surface area contributed by atoms with Gasteiger partial charge in [-0.1, -0.05) is 12.1 Å². The van der Waals surface area contributed by atoms with Crippen LogP contribution in [0.3, 0.4) is 0 Å². The second kappa shape index (κ2) is 6.05. The Kier molecular flexibility index (Phi) is 3.74. The third-order valence-electron chi connectivity index (χ3n) is 4.14. The van der Waals surface area contributed by atoms with Crippen molar-refractivity contribution in [2.75, 3.05) is 5.32 Å². The standard InChI is InChI=1S/C18H17N5S/c1-11-12(2)22-23-18(11)21-16-6-8-19-17(20-16)10-13-4-3-5-15-14(13)7-9-24-15/h3-9H,10H2,1-2H3,(H2,19,20,21,22,23). The number of rotatable bonds is 4. The fourth-order valence-electron chi connectivity index (χ4n) is 2.66. The van der Waals surface area contributed by atoms with Gasteiger partial charge in [-0.2, -0.15) is 5.10 Å². The topological polar surface area (TPSA) is 66.5 Å². The van der Waals surface area contributed by atoms with E-state index in [-0.39, 0.29) is 0 Å². The molecule has 0 saturated heterocycles. The minimum Gasteiger partial charge on any atom is -0.323 e. The minimum absolute atomic E-state index is 0.710. The van der Waals surface area contributed by atoms with Crippen LogP contribution < -0.4 is 5.32 Å². The Labute approximate surface area is 143 Å². The number of aromatic amines is 1. The second-order valence-electron chi connectivity index (χ2n) is 5.73. The number of anilines is 2. The van der Waals surface area contributed by atoms with Crippen molar-refractivity contribution in [2.45, 2.75) is 20.3 Å². The highest BCUT2D eigenvalue weighted by molar-refractivity contribution is 7.17. The second-order valence-corrected chi connectivity index (χ2v) is 6.68. The molecule has 2 N–H and O–H groups in total. The van der Waals surface area contributed by atoms with Crippen molar-refractivity contribution in [3.63, 3.8) is 0 Å². The fraction of sp³-hybridized carbons (Fsp3) is 0.167.